The van der Waals surface area contributed by atoms with Gasteiger partial charge in [0.15, 0.2) is 12.4 Å². The Bertz CT molecular complexity index is 1470. The lowest BCUT2D eigenvalue weighted by molar-refractivity contribution is -0.136. The van der Waals surface area contributed by atoms with E-state index in [0.29, 0.717) is 17.9 Å². The van der Waals surface area contributed by atoms with E-state index in [0.717, 1.165) is 17.7 Å². The molecule has 7 nitrogen and oxygen atoms in total. The van der Waals surface area contributed by atoms with Crippen molar-refractivity contribution in [2.24, 2.45) is 5.73 Å². The summed E-state index contributed by atoms with van der Waals surface area (Å²) in [6, 6.07) is 14.3. The standard InChI is InChI=1S/C27H19Cl5N2O5/c1-2-9-36-14-5-3-13(4-6-14)20-16-8-7-15(10-18(16)39-27(34)17(20)11-33)38-19(35)12-37-26-24(31)22(29)21(28)23(30)25(26)32/h3-8,10,20H,2,9,12,34H2,1H3. The maximum Gasteiger partial charge on any atom is 0.349 e. The fourth-order valence-electron chi connectivity index (χ4n) is 3.82. The van der Waals surface area contributed by atoms with E-state index in [1.165, 1.54) is 6.07 Å². The summed E-state index contributed by atoms with van der Waals surface area (Å²) in [5.74, 6) is -0.221. The maximum atomic E-state index is 12.5. The molecule has 2 N–H and O–H groups in total. The number of benzene rings is 3. The van der Waals surface area contributed by atoms with E-state index < -0.39 is 18.5 Å². The van der Waals surface area contributed by atoms with E-state index in [-0.39, 0.29) is 48.1 Å². The molecule has 0 saturated carbocycles. The second-order valence-corrected chi connectivity index (χ2v) is 10.1. The number of allylic oxidation sites excluding steroid dienone is 1. The predicted octanol–water partition coefficient (Wildman–Crippen LogP) is 7.94. The lowest BCUT2D eigenvalue weighted by Gasteiger charge is -2.26. The lowest BCUT2D eigenvalue weighted by atomic mass is 9.83. The van der Waals surface area contributed by atoms with Gasteiger partial charge >= 0.3 is 5.97 Å². The Hall–Kier alpha value is -2.99. The molecule has 0 radical (unpaired) electrons. The van der Waals surface area contributed by atoms with Gasteiger partial charge in [-0.25, -0.2) is 4.79 Å². The van der Waals surface area contributed by atoms with Crippen LogP contribution in [-0.2, 0) is 4.79 Å². The zero-order valence-electron chi connectivity index (χ0n) is 20.2. The van der Waals surface area contributed by atoms with E-state index in [1.807, 2.05) is 31.2 Å². The van der Waals surface area contributed by atoms with Gasteiger partial charge in [0.2, 0.25) is 5.88 Å². The van der Waals surface area contributed by atoms with Crippen molar-refractivity contribution >= 4 is 64.0 Å². The van der Waals surface area contributed by atoms with E-state index in [2.05, 4.69) is 6.07 Å². The SMILES string of the molecule is CCCOc1ccc(C2C(C#N)=C(N)Oc3cc(OC(=O)COc4c(Cl)c(Cl)c(Cl)c(Cl)c4Cl)ccc32)cc1. The minimum Gasteiger partial charge on any atom is -0.494 e. The summed E-state index contributed by atoms with van der Waals surface area (Å²) >= 11 is 30.3. The lowest BCUT2D eigenvalue weighted by Crippen LogP contribution is -2.21. The van der Waals surface area contributed by atoms with Gasteiger partial charge in [0, 0.05) is 11.6 Å². The van der Waals surface area contributed by atoms with E-state index in [9.17, 15) is 10.1 Å². The highest BCUT2D eigenvalue weighted by Gasteiger charge is 2.31. The third-order valence-corrected chi connectivity index (χ3v) is 7.85. The van der Waals surface area contributed by atoms with Crippen molar-refractivity contribution < 1.29 is 23.7 Å². The van der Waals surface area contributed by atoms with Crippen LogP contribution < -0.4 is 24.7 Å². The molecule has 3 aromatic rings. The first-order valence-corrected chi connectivity index (χ1v) is 13.3. The number of halogens is 5. The van der Waals surface area contributed by atoms with E-state index in [4.69, 9.17) is 82.7 Å². The summed E-state index contributed by atoms with van der Waals surface area (Å²) in [6.07, 6.45) is 0.886. The van der Waals surface area contributed by atoms with Gasteiger partial charge in [-0.1, -0.05) is 83.1 Å². The van der Waals surface area contributed by atoms with Crippen LogP contribution in [-0.4, -0.2) is 19.2 Å². The molecule has 0 spiro atoms. The van der Waals surface area contributed by atoms with Gasteiger partial charge in [-0.3, -0.25) is 0 Å². The van der Waals surface area contributed by atoms with Gasteiger partial charge in [-0.05, 0) is 30.2 Å². The quantitative estimate of drug-likeness (QED) is 0.117. The van der Waals surface area contributed by atoms with Crippen LogP contribution in [0.2, 0.25) is 25.1 Å². The third kappa shape index (κ3) is 6.11. The Balaban J connectivity index is 1.53. The number of nitriles is 1. The van der Waals surface area contributed by atoms with Crippen molar-refractivity contribution in [3.8, 4) is 29.1 Å². The minimum absolute atomic E-state index is 0.0377. The smallest absolute Gasteiger partial charge is 0.349 e. The fraction of sp³-hybridized carbons (Fsp3) is 0.185. The molecule has 1 unspecified atom stereocenters. The van der Waals surface area contributed by atoms with Crippen LogP contribution in [0.4, 0.5) is 0 Å². The minimum atomic E-state index is -0.777. The molecule has 1 heterocycles. The molecule has 0 fully saturated rings. The number of ether oxygens (including phenoxy) is 4. The first-order valence-electron chi connectivity index (χ1n) is 11.4. The normalized spacial score (nSPS) is 14.2. The number of hydrogen-bond donors (Lipinski definition) is 1. The first-order chi connectivity index (χ1) is 18.7. The Labute approximate surface area is 249 Å². The molecule has 3 aromatic carbocycles. The summed E-state index contributed by atoms with van der Waals surface area (Å²) in [4.78, 5) is 12.5. The van der Waals surface area contributed by atoms with Crippen molar-refractivity contribution in [1.29, 1.82) is 5.26 Å². The highest BCUT2D eigenvalue weighted by Crippen LogP contribution is 2.48. The monoisotopic (exact) mass is 626 g/mol. The number of nitrogens with zero attached hydrogens (tertiary/aromatic N) is 1. The number of hydrogen-bond acceptors (Lipinski definition) is 7. The Morgan fingerprint density at radius 1 is 0.949 bits per heavy atom. The molecule has 12 heteroatoms. The molecule has 4 rings (SSSR count). The second kappa shape index (κ2) is 12.5. The molecule has 1 aliphatic heterocycles. The zero-order chi connectivity index (χ0) is 28.3. The molecule has 1 atom stereocenters. The first kappa shape index (κ1) is 29.0. The van der Waals surface area contributed by atoms with Crippen LogP contribution in [0.25, 0.3) is 0 Å². The predicted molar refractivity (Wildman–Crippen MR) is 151 cm³/mol. The number of rotatable bonds is 8. The molecule has 0 aliphatic carbocycles. The molecular weight excluding hydrogens is 610 g/mol. The van der Waals surface area contributed by atoms with Crippen molar-refractivity contribution in [1.82, 2.24) is 0 Å². The van der Waals surface area contributed by atoms with E-state index >= 15 is 0 Å². The number of carbonyl (C=O) groups is 1. The molecule has 202 valence electrons. The van der Waals surface area contributed by atoms with Crippen LogP contribution in [0.3, 0.4) is 0 Å². The summed E-state index contributed by atoms with van der Waals surface area (Å²) < 4.78 is 22.2. The van der Waals surface area contributed by atoms with Crippen molar-refractivity contribution in [2.75, 3.05) is 13.2 Å². The second-order valence-electron chi connectivity index (χ2n) is 8.20. The third-order valence-electron chi connectivity index (χ3n) is 5.61. The van der Waals surface area contributed by atoms with Crippen molar-refractivity contribution in [2.45, 2.75) is 19.3 Å². The number of carbonyl (C=O) groups excluding carboxylic acids is 1. The largest absolute Gasteiger partial charge is 0.494 e. The number of esters is 1. The molecular formula is C27H19Cl5N2O5. The topological polar surface area (TPSA) is 104 Å². The molecule has 39 heavy (non-hydrogen) atoms. The average Bonchev–Trinajstić information content (AvgIpc) is 2.93. The summed E-state index contributed by atoms with van der Waals surface area (Å²) in [7, 11) is 0. The highest BCUT2D eigenvalue weighted by atomic mass is 35.5. The van der Waals surface area contributed by atoms with Gasteiger partial charge < -0.3 is 24.7 Å². The maximum absolute atomic E-state index is 12.5. The average molecular weight is 629 g/mol. The summed E-state index contributed by atoms with van der Waals surface area (Å²) in [6.45, 7) is 2.06. The molecule has 0 amide bonds. The van der Waals surface area contributed by atoms with Crippen LogP contribution in [0.15, 0.2) is 53.9 Å². The number of nitrogens with two attached hydrogens (primary N) is 1. The summed E-state index contributed by atoms with van der Waals surface area (Å²) in [5.41, 5.74) is 7.83. The van der Waals surface area contributed by atoms with Gasteiger partial charge in [0.25, 0.3) is 0 Å². The molecule has 1 aliphatic rings. The van der Waals surface area contributed by atoms with Gasteiger partial charge in [0.1, 0.15) is 38.9 Å². The van der Waals surface area contributed by atoms with E-state index in [1.54, 1.807) is 12.1 Å². The number of fused-ring (bicyclic) bond motifs is 1. The van der Waals surface area contributed by atoms with Gasteiger partial charge in [-0.15, -0.1) is 0 Å². The van der Waals surface area contributed by atoms with Crippen LogP contribution >= 0.6 is 58.0 Å². The Morgan fingerprint density at radius 2 is 1.56 bits per heavy atom. The fourth-order valence-corrected chi connectivity index (χ4v) is 5.05. The van der Waals surface area contributed by atoms with Gasteiger partial charge in [0.05, 0.1) is 27.6 Å². The molecule has 0 aromatic heterocycles. The van der Waals surface area contributed by atoms with Crippen LogP contribution in [0.5, 0.6) is 23.0 Å². The highest BCUT2D eigenvalue weighted by molar-refractivity contribution is 6.55. The van der Waals surface area contributed by atoms with Gasteiger partial charge in [-0.2, -0.15) is 5.26 Å². The molecule has 0 bridgehead atoms. The Morgan fingerprint density at radius 3 is 2.18 bits per heavy atom. The zero-order valence-corrected chi connectivity index (χ0v) is 24.0. The van der Waals surface area contributed by atoms with Crippen molar-refractivity contribution in [3.05, 3.63) is 90.2 Å². The van der Waals surface area contributed by atoms with Crippen LogP contribution in [0, 0.1) is 11.3 Å². The Kier molecular flexibility index (Phi) is 9.27. The van der Waals surface area contributed by atoms with Crippen LogP contribution in [0.1, 0.15) is 30.4 Å². The molecule has 0 saturated heterocycles. The van der Waals surface area contributed by atoms with Crippen molar-refractivity contribution in [3.63, 3.8) is 0 Å². The summed E-state index contributed by atoms with van der Waals surface area (Å²) in [5, 5.41) is 9.42.